The molecule has 2 atom stereocenters. The molecule has 1 saturated heterocycles. The van der Waals surface area contributed by atoms with Crippen LogP contribution in [0.2, 0.25) is 0 Å². The van der Waals surface area contributed by atoms with Crippen LogP contribution in [0.1, 0.15) is 31.7 Å². The van der Waals surface area contributed by atoms with Gasteiger partial charge < -0.3 is 20.7 Å². The van der Waals surface area contributed by atoms with E-state index in [1.165, 1.54) is 0 Å². The standard InChI is InChI=1S/C22H28N4O3/c1-3-18(29-19-9-5-4-7-15(19)2)22(28)25-17-10-11-20(24-13-17)26-12-6-8-16(14-26)21(23)27/h4-5,7,9-11,13,16,18H,3,6,8,12,14H2,1-2H3,(H2,23,27)(H,25,28). The summed E-state index contributed by atoms with van der Waals surface area (Å²) >= 11 is 0. The van der Waals surface area contributed by atoms with Crippen LogP contribution in [0.25, 0.3) is 0 Å². The van der Waals surface area contributed by atoms with Gasteiger partial charge in [-0.2, -0.15) is 0 Å². The van der Waals surface area contributed by atoms with Crippen molar-refractivity contribution in [3.8, 4) is 5.75 Å². The first-order chi connectivity index (χ1) is 14.0. The highest BCUT2D eigenvalue weighted by molar-refractivity contribution is 5.94. The lowest BCUT2D eigenvalue weighted by atomic mass is 9.97. The summed E-state index contributed by atoms with van der Waals surface area (Å²) in [4.78, 5) is 30.6. The molecule has 1 aliphatic rings. The molecule has 3 N–H and O–H groups in total. The summed E-state index contributed by atoms with van der Waals surface area (Å²) in [6.07, 6.45) is 3.31. The number of aryl methyl sites for hydroxylation is 1. The molecule has 1 aromatic carbocycles. The first-order valence-electron chi connectivity index (χ1n) is 10.0. The zero-order valence-electron chi connectivity index (χ0n) is 16.9. The van der Waals surface area contributed by atoms with E-state index in [1.807, 2.05) is 50.2 Å². The quantitative estimate of drug-likeness (QED) is 0.750. The Labute approximate surface area is 171 Å². The van der Waals surface area contributed by atoms with E-state index in [4.69, 9.17) is 10.5 Å². The Hall–Kier alpha value is -3.09. The minimum atomic E-state index is -0.589. The number of benzene rings is 1. The van der Waals surface area contributed by atoms with Crippen molar-refractivity contribution < 1.29 is 14.3 Å². The fourth-order valence-corrected chi connectivity index (χ4v) is 3.45. The van der Waals surface area contributed by atoms with Crippen LogP contribution in [0.5, 0.6) is 5.75 Å². The minimum absolute atomic E-state index is 0.145. The lowest BCUT2D eigenvalue weighted by molar-refractivity contribution is -0.123. The largest absolute Gasteiger partial charge is 0.480 e. The number of pyridine rings is 1. The van der Waals surface area contributed by atoms with Crippen molar-refractivity contribution in [3.05, 3.63) is 48.2 Å². The third kappa shape index (κ3) is 5.25. The average Bonchev–Trinajstić information content (AvgIpc) is 2.73. The fraction of sp³-hybridized carbons (Fsp3) is 0.409. The molecule has 1 fully saturated rings. The number of nitrogens with zero attached hydrogens (tertiary/aromatic N) is 2. The van der Waals surface area contributed by atoms with E-state index in [0.717, 1.165) is 30.8 Å². The van der Waals surface area contributed by atoms with Gasteiger partial charge >= 0.3 is 0 Å². The van der Waals surface area contributed by atoms with Crippen molar-refractivity contribution in [2.75, 3.05) is 23.3 Å². The van der Waals surface area contributed by atoms with Crippen molar-refractivity contribution in [3.63, 3.8) is 0 Å². The summed E-state index contributed by atoms with van der Waals surface area (Å²) in [6.45, 7) is 5.28. The number of hydrogen-bond donors (Lipinski definition) is 2. The molecule has 7 heteroatoms. The van der Waals surface area contributed by atoms with Crippen LogP contribution in [0.15, 0.2) is 42.6 Å². The predicted octanol–water partition coefficient (Wildman–Crippen LogP) is 2.89. The number of piperidine rings is 1. The molecule has 1 aromatic heterocycles. The summed E-state index contributed by atoms with van der Waals surface area (Å²) in [6, 6.07) is 11.3. The maximum absolute atomic E-state index is 12.6. The Morgan fingerprint density at radius 2 is 2.10 bits per heavy atom. The Morgan fingerprint density at radius 1 is 1.31 bits per heavy atom. The summed E-state index contributed by atoms with van der Waals surface area (Å²) in [5.41, 5.74) is 7.04. The first kappa shape index (κ1) is 20.6. The highest BCUT2D eigenvalue weighted by Gasteiger charge is 2.25. The second-order valence-corrected chi connectivity index (χ2v) is 7.36. The van der Waals surface area contributed by atoms with Gasteiger partial charge in [-0.25, -0.2) is 4.98 Å². The van der Waals surface area contributed by atoms with Crippen LogP contribution in [0, 0.1) is 12.8 Å². The molecule has 0 aliphatic carbocycles. The number of hydrogen-bond acceptors (Lipinski definition) is 5. The van der Waals surface area contributed by atoms with Crippen LogP contribution >= 0.6 is 0 Å². The molecule has 7 nitrogen and oxygen atoms in total. The highest BCUT2D eigenvalue weighted by Crippen LogP contribution is 2.23. The van der Waals surface area contributed by atoms with Gasteiger partial charge in [-0.3, -0.25) is 9.59 Å². The van der Waals surface area contributed by atoms with Gasteiger partial charge in [-0.05, 0) is 49.9 Å². The fourth-order valence-electron chi connectivity index (χ4n) is 3.45. The number of rotatable bonds is 7. The second kappa shape index (κ2) is 9.41. The van der Waals surface area contributed by atoms with Crippen LogP contribution < -0.4 is 20.7 Å². The van der Waals surface area contributed by atoms with Crippen molar-refractivity contribution in [2.45, 2.75) is 39.2 Å². The molecule has 154 valence electrons. The molecule has 2 amide bonds. The number of para-hydroxylation sites is 1. The summed E-state index contributed by atoms with van der Waals surface area (Å²) in [5.74, 6) is 0.859. The summed E-state index contributed by atoms with van der Waals surface area (Å²) < 4.78 is 5.90. The number of ether oxygens (including phenoxy) is 1. The Bertz CT molecular complexity index is 853. The number of anilines is 2. The topological polar surface area (TPSA) is 97.5 Å². The zero-order chi connectivity index (χ0) is 20.8. The number of amides is 2. The Morgan fingerprint density at radius 3 is 2.76 bits per heavy atom. The van der Waals surface area contributed by atoms with Crippen molar-refractivity contribution in [2.24, 2.45) is 11.7 Å². The van der Waals surface area contributed by atoms with Crippen molar-refractivity contribution in [1.82, 2.24) is 4.98 Å². The molecule has 0 saturated carbocycles. The predicted molar refractivity (Wildman–Crippen MR) is 113 cm³/mol. The normalized spacial score (nSPS) is 17.4. The molecule has 2 aromatic rings. The third-order valence-electron chi connectivity index (χ3n) is 5.19. The molecule has 1 aliphatic heterocycles. The number of aromatic nitrogens is 1. The van der Waals surface area contributed by atoms with Crippen LogP contribution in [0.3, 0.4) is 0 Å². The van der Waals surface area contributed by atoms with E-state index in [2.05, 4.69) is 15.2 Å². The van der Waals surface area contributed by atoms with Gasteiger partial charge in [0.05, 0.1) is 17.8 Å². The van der Waals surface area contributed by atoms with Gasteiger partial charge in [0.2, 0.25) is 5.91 Å². The van der Waals surface area contributed by atoms with Crippen molar-refractivity contribution >= 4 is 23.3 Å². The lowest BCUT2D eigenvalue weighted by Gasteiger charge is -2.32. The number of nitrogens with two attached hydrogens (primary N) is 1. The second-order valence-electron chi connectivity index (χ2n) is 7.36. The van der Waals surface area contributed by atoms with E-state index in [-0.39, 0.29) is 17.7 Å². The molecule has 0 spiro atoms. The van der Waals surface area contributed by atoms with Gasteiger partial charge in [0, 0.05) is 13.1 Å². The SMILES string of the molecule is CCC(Oc1ccccc1C)C(=O)Nc1ccc(N2CCCC(C(N)=O)C2)nc1. The van der Waals surface area contributed by atoms with E-state index in [1.54, 1.807) is 6.20 Å². The smallest absolute Gasteiger partial charge is 0.265 e. The van der Waals surface area contributed by atoms with E-state index < -0.39 is 6.10 Å². The van der Waals surface area contributed by atoms with Crippen LogP contribution in [0.4, 0.5) is 11.5 Å². The maximum Gasteiger partial charge on any atom is 0.265 e. The first-order valence-corrected chi connectivity index (χ1v) is 10.0. The van der Waals surface area contributed by atoms with E-state index >= 15 is 0 Å². The molecular formula is C22H28N4O3. The zero-order valence-corrected chi connectivity index (χ0v) is 16.9. The average molecular weight is 396 g/mol. The number of carbonyl (C=O) groups is 2. The molecule has 3 rings (SSSR count). The van der Waals surface area contributed by atoms with Gasteiger partial charge in [0.1, 0.15) is 11.6 Å². The van der Waals surface area contributed by atoms with E-state index in [0.29, 0.717) is 24.4 Å². The third-order valence-corrected chi connectivity index (χ3v) is 5.19. The number of carbonyl (C=O) groups excluding carboxylic acids is 2. The highest BCUT2D eigenvalue weighted by atomic mass is 16.5. The number of nitrogens with one attached hydrogen (secondary N) is 1. The van der Waals surface area contributed by atoms with E-state index in [9.17, 15) is 9.59 Å². The monoisotopic (exact) mass is 396 g/mol. The summed E-state index contributed by atoms with van der Waals surface area (Å²) in [5, 5.41) is 2.87. The molecule has 29 heavy (non-hydrogen) atoms. The maximum atomic E-state index is 12.6. The van der Waals surface area contributed by atoms with Gasteiger partial charge in [0.15, 0.2) is 6.10 Å². The molecule has 2 heterocycles. The minimum Gasteiger partial charge on any atom is -0.480 e. The Balaban J connectivity index is 1.61. The summed E-state index contributed by atoms with van der Waals surface area (Å²) in [7, 11) is 0. The molecular weight excluding hydrogens is 368 g/mol. The van der Waals surface area contributed by atoms with Gasteiger partial charge in [0.25, 0.3) is 5.91 Å². The van der Waals surface area contributed by atoms with Crippen molar-refractivity contribution in [1.29, 1.82) is 0 Å². The number of primary amides is 1. The molecule has 0 radical (unpaired) electrons. The molecule has 2 unspecified atom stereocenters. The lowest BCUT2D eigenvalue weighted by Crippen LogP contribution is -2.41. The molecule has 0 bridgehead atoms. The Kier molecular flexibility index (Phi) is 6.69. The van der Waals surface area contributed by atoms with Gasteiger partial charge in [-0.1, -0.05) is 25.1 Å². The van der Waals surface area contributed by atoms with Gasteiger partial charge in [-0.15, -0.1) is 0 Å². The van der Waals surface area contributed by atoms with Crippen LogP contribution in [-0.4, -0.2) is 36.0 Å². The van der Waals surface area contributed by atoms with Crippen LogP contribution in [-0.2, 0) is 9.59 Å².